The van der Waals surface area contributed by atoms with E-state index in [-0.39, 0.29) is 17.3 Å². The molecule has 0 saturated heterocycles. The van der Waals surface area contributed by atoms with Gasteiger partial charge in [-0.05, 0) is 35.4 Å². The van der Waals surface area contributed by atoms with Crippen LogP contribution in [0.1, 0.15) is 5.56 Å². The largest absolute Gasteiger partial charge is 0.416 e. The van der Waals surface area contributed by atoms with Crippen molar-refractivity contribution in [2.45, 2.75) is 6.18 Å². The Morgan fingerprint density at radius 1 is 0.667 bits per heavy atom. The van der Waals surface area contributed by atoms with E-state index in [9.17, 15) is 13.2 Å². The van der Waals surface area contributed by atoms with E-state index in [4.69, 9.17) is 4.52 Å². The molecule has 3 aromatic carbocycles. The molecule has 0 aliphatic carbocycles. The summed E-state index contributed by atoms with van der Waals surface area (Å²) >= 11 is 0. The Hall–Kier alpha value is -3.41. The summed E-state index contributed by atoms with van der Waals surface area (Å²) in [5.74, 6) is 0.366. The Kier molecular flexibility index (Phi) is 4.24. The molecule has 4 rings (SSSR count). The average Bonchev–Trinajstić information content (AvgIpc) is 3.19. The van der Waals surface area contributed by atoms with Crippen molar-refractivity contribution in [2.24, 2.45) is 0 Å². The Morgan fingerprint density at radius 3 is 2.00 bits per heavy atom. The molecule has 0 spiro atoms. The van der Waals surface area contributed by atoms with Crippen LogP contribution in [0.5, 0.6) is 0 Å². The molecule has 0 amide bonds. The van der Waals surface area contributed by atoms with E-state index in [0.29, 0.717) is 5.56 Å². The second-order valence-corrected chi connectivity index (χ2v) is 5.95. The van der Waals surface area contributed by atoms with Gasteiger partial charge in [0.15, 0.2) is 0 Å². The molecule has 0 unspecified atom stereocenters. The molecule has 0 fully saturated rings. The van der Waals surface area contributed by atoms with Gasteiger partial charge in [-0.15, -0.1) is 0 Å². The van der Waals surface area contributed by atoms with Gasteiger partial charge in [0.2, 0.25) is 5.82 Å². The molecule has 0 aliphatic heterocycles. The zero-order valence-electron chi connectivity index (χ0n) is 13.9. The van der Waals surface area contributed by atoms with Crippen molar-refractivity contribution in [3.8, 4) is 34.0 Å². The predicted molar refractivity (Wildman–Crippen MR) is 95.6 cm³/mol. The topological polar surface area (TPSA) is 38.9 Å². The lowest BCUT2D eigenvalue weighted by Crippen LogP contribution is -2.04. The Balaban J connectivity index is 1.62. The highest BCUT2D eigenvalue weighted by Crippen LogP contribution is 2.32. The average molecular weight is 366 g/mol. The second-order valence-electron chi connectivity index (χ2n) is 5.95. The molecule has 6 heteroatoms. The number of hydrogen-bond acceptors (Lipinski definition) is 3. The first kappa shape index (κ1) is 17.0. The third-order valence-electron chi connectivity index (χ3n) is 4.11. The molecule has 1 aromatic heterocycles. The standard InChI is InChI=1S/C21H13F3N2O/c22-21(23,24)18-8-4-7-17(13-18)19-25-20(27-26-19)16-11-9-15(10-12-16)14-5-2-1-3-6-14/h1-13H. The Morgan fingerprint density at radius 2 is 1.30 bits per heavy atom. The number of nitrogens with zero attached hydrogens (tertiary/aromatic N) is 2. The van der Waals surface area contributed by atoms with Crippen LogP contribution in [0.25, 0.3) is 34.0 Å². The summed E-state index contributed by atoms with van der Waals surface area (Å²) in [5.41, 5.74) is 2.32. The van der Waals surface area contributed by atoms with Gasteiger partial charge >= 0.3 is 6.18 Å². The molecule has 0 saturated carbocycles. The van der Waals surface area contributed by atoms with Gasteiger partial charge in [-0.1, -0.05) is 59.8 Å². The van der Waals surface area contributed by atoms with E-state index in [1.165, 1.54) is 12.1 Å². The Labute approximate surface area is 153 Å². The first-order valence-electron chi connectivity index (χ1n) is 8.18. The van der Waals surface area contributed by atoms with Crippen LogP contribution in [0.4, 0.5) is 13.2 Å². The van der Waals surface area contributed by atoms with Crippen LogP contribution in [0.3, 0.4) is 0 Å². The number of alkyl halides is 3. The van der Waals surface area contributed by atoms with Crippen molar-refractivity contribution in [2.75, 3.05) is 0 Å². The fourth-order valence-corrected chi connectivity index (χ4v) is 2.73. The Bertz CT molecular complexity index is 1050. The van der Waals surface area contributed by atoms with E-state index in [1.54, 1.807) is 0 Å². The minimum atomic E-state index is -4.42. The van der Waals surface area contributed by atoms with Crippen LogP contribution in [0.15, 0.2) is 83.4 Å². The van der Waals surface area contributed by atoms with Crippen molar-refractivity contribution in [1.82, 2.24) is 10.1 Å². The molecule has 3 nitrogen and oxygen atoms in total. The van der Waals surface area contributed by atoms with Crippen molar-refractivity contribution >= 4 is 0 Å². The normalized spacial score (nSPS) is 11.5. The van der Waals surface area contributed by atoms with Gasteiger partial charge in [-0.3, -0.25) is 0 Å². The highest BCUT2D eigenvalue weighted by atomic mass is 19.4. The predicted octanol–water partition coefficient (Wildman–Crippen LogP) is 6.09. The SMILES string of the molecule is FC(F)(F)c1cccc(-c2noc(-c3ccc(-c4ccccc4)cc3)n2)c1. The van der Waals surface area contributed by atoms with E-state index >= 15 is 0 Å². The molecule has 0 aliphatic rings. The maximum Gasteiger partial charge on any atom is 0.416 e. The monoisotopic (exact) mass is 366 g/mol. The quantitative estimate of drug-likeness (QED) is 0.440. The summed E-state index contributed by atoms with van der Waals surface area (Å²) in [4.78, 5) is 4.23. The van der Waals surface area contributed by atoms with Gasteiger partial charge < -0.3 is 4.52 Å². The van der Waals surface area contributed by atoms with Crippen LogP contribution in [0.2, 0.25) is 0 Å². The fraction of sp³-hybridized carbons (Fsp3) is 0.0476. The maximum atomic E-state index is 12.9. The molecule has 0 radical (unpaired) electrons. The van der Waals surface area contributed by atoms with E-state index in [1.807, 2.05) is 54.6 Å². The lowest BCUT2D eigenvalue weighted by Gasteiger charge is -2.06. The highest BCUT2D eigenvalue weighted by Gasteiger charge is 2.30. The van der Waals surface area contributed by atoms with Gasteiger partial charge in [0.05, 0.1) is 5.56 Å². The summed E-state index contributed by atoms with van der Waals surface area (Å²) < 4.78 is 43.8. The summed E-state index contributed by atoms with van der Waals surface area (Å²) in [7, 11) is 0. The summed E-state index contributed by atoms with van der Waals surface area (Å²) in [6.45, 7) is 0. The molecule has 0 bridgehead atoms. The number of hydrogen-bond donors (Lipinski definition) is 0. The number of rotatable bonds is 3. The molecule has 134 valence electrons. The minimum absolute atomic E-state index is 0.114. The number of aromatic nitrogens is 2. The van der Waals surface area contributed by atoms with E-state index < -0.39 is 11.7 Å². The van der Waals surface area contributed by atoms with Crippen molar-refractivity contribution in [3.05, 3.63) is 84.4 Å². The first-order chi connectivity index (χ1) is 13.0. The first-order valence-corrected chi connectivity index (χ1v) is 8.18. The van der Waals surface area contributed by atoms with E-state index in [0.717, 1.165) is 23.3 Å². The lowest BCUT2D eigenvalue weighted by atomic mass is 10.0. The number of benzene rings is 3. The summed E-state index contributed by atoms with van der Waals surface area (Å²) in [6, 6.07) is 22.3. The van der Waals surface area contributed by atoms with Crippen molar-refractivity contribution in [1.29, 1.82) is 0 Å². The smallest absolute Gasteiger partial charge is 0.334 e. The minimum Gasteiger partial charge on any atom is -0.334 e. The van der Waals surface area contributed by atoms with Gasteiger partial charge in [-0.2, -0.15) is 18.2 Å². The molecule has 27 heavy (non-hydrogen) atoms. The zero-order valence-corrected chi connectivity index (χ0v) is 13.9. The highest BCUT2D eigenvalue weighted by molar-refractivity contribution is 5.68. The third-order valence-corrected chi connectivity index (χ3v) is 4.11. The summed E-state index contributed by atoms with van der Waals surface area (Å²) in [6.07, 6.45) is -4.42. The molecule has 0 atom stereocenters. The van der Waals surface area contributed by atoms with Crippen molar-refractivity contribution < 1.29 is 17.7 Å². The lowest BCUT2D eigenvalue weighted by molar-refractivity contribution is -0.137. The van der Waals surface area contributed by atoms with Gasteiger partial charge in [0.1, 0.15) is 0 Å². The summed E-state index contributed by atoms with van der Waals surface area (Å²) in [5, 5.41) is 3.81. The van der Waals surface area contributed by atoms with Crippen molar-refractivity contribution in [3.63, 3.8) is 0 Å². The maximum absolute atomic E-state index is 12.9. The fourth-order valence-electron chi connectivity index (χ4n) is 2.73. The van der Waals surface area contributed by atoms with Crippen LogP contribution in [0, 0.1) is 0 Å². The van der Waals surface area contributed by atoms with Gasteiger partial charge in [-0.25, -0.2) is 0 Å². The molecular weight excluding hydrogens is 353 g/mol. The van der Waals surface area contributed by atoms with E-state index in [2.05, 4.69) is 10.1 Å². The molecular formula is C21H13F3N2O. The third kappa shape index (κ3) is 3.60. The second kappa shape index (κ2) is 6.72. The van der Waals surface area contributed by atoms with Crippen LogP contribution in [-0.2, 0) is 6.18 Å². The van der Waals surface area contributed by atoms with Crippen LogP contribution in [-0.4, -0.2) is 10.1 Å². The molecule has 4 aromatic rings. The molecule has 1 heterocycles. The van der Waals surface area contributed by atoms with Crippen LogP contribution >= 0.6 is 0 Å². The van der Waals surface area contributed by atoms with Gasteiger partial charge in [0, 0.05) is 11.1 Å². The van der Waals surface area contributed by atoms with Gasteiger partial charge in [0.25, 0.3) is 5.89 Å². The molecule has 0 N–H and O–H groups in total. The van der Waals surface area contributed by atoms with Crippen LogP contribution < -0.4 is 0 Å². The number of halogens is 3. The zero-order chi connectivity index (χ0) is 18.9.